The largest absolute Gasteiger partial charge is 0.422 e. The lowest BCUT2D eigenvalue weighted by molar-refractivity contribution is -0.142. The molecule has 2 aromatic rings. The molecule has 2 aromatic carbocycles. The van der Waals surface area contributed by atoms with Gasteiger partial charge >= 0.3 is 6.18 Å². The van der Waals surface area contributed by atoms with E-state index in [1.165, 1.54) is 69.8 Å². The maximum atomic E-state index is 13.9. The van der Waals surface area contributed by atoms with Crippen molar-refractivity contribution in [2.24, 2.45) is 23.7 Å². The highest BCUT2D eigenvalue weighted by atomic mass is 19.4. The summed E-state index contributed by atoms with van der Waals surface area (Å²) in [6.07, 6.45) is 9.20. The molecule has 0 heterocycles. The third kappa shape index (κ3) is 7.15. The van der Waals surface area contributed by atoms with Gasteiger partial charge in [-0.2, -0.15) is 13.2 Å². The monoisotopic (exact) mass is 520 g/mol. The smallest absolute Gasteiger partial charge is 0.206 e. The van der Waals surface area contributed by atoms with Crippen molar-refractivity contribution >= 4 is 0 Å². The highest BCUT2D eigenvalue weighted by Crippen LogP contribution is 2.45. The van der Waals surface area contributed by atoms with Gasteiger partial charge in [-0.15, -0.1) is 0 Å². The van der Waals surface area contributed by atoms with Crippen LogP contribution >= 0.6 is 0 Å². The molecule has 0 nitrogen and oxygen atoms in total. The topological polar surface area (TPSA) is 0 Å². The molecule has 0 saturated heterocycles. The van der Waals surface area contributed by atoms with Gasteiger partial charge in [0.15, 0.2) is 0 Å². The second-order valence-corrected chi connectivity index (χ2v) is 11.7. The zero-order chi connectivity index (χ0) is 26.6. The van der Waals surface area contributed by atoms with Crippen molar-refractivity contribution in [2.75, 3.05) is 0 Å². The number of benzene rings is 2. The Balaban J connectivity index is 1.24. The van der Waals surface area contributed by atoms with E-state index in [4.69, 9.17) is 0 Å². The van der Waals surface area contributed by atoms with Gasteiger partial charge in [0, 0.05) is 0 Å². The van der Waals surface area contributed by atoms with E-state index in [1.54, 1.807) is 0 Å². The Morgan fingerprint density at radius 3 is 1.78 bits per heavy atom. The summed E-state index contributed by atoms with van der Waals surface area (Å²) >= 11 is 0. The van der Waals surface area contributed by atoms with Crippen LogP contribution in [-0.2, 0) is 19.0 Å². The molecule has 1 unspecified atom stereocenters. The summed E-state index contributed by atoms with van der Waals surface area (Å²) < 4.78 is 66.1. The molecule has 2 fully saturated rings. The van der Waals surface area contributed by atoms with Crippen molar-refractivity contribution in [3.63, 3.8) is 0 Å². The first-order valence-corrected chi connectivity index (χ1v) is 14.3. The number of hydrogen-bond acceptors (Lipinski definition) is 0. The molecule has 0 spiro atoms. The summed E-state index contributed by atoms with van der Waals surface area (Å²) in [5.74, 6) is 1.09. The first kappa shape index (κ1) is 28.1. The van der Waals surface area contributed by atoms with Crippen molar-refractivity contribution in [3.05, 3.63) is 70.3 Å². The first-order valence-electron chi connectivity index (χ1n) is 14.3. The summed E-state index contributed by atoms with van der Waals surface area (Å²) in [6.45, 7) is 4.74. The van der Waals surface area contributed by atoms with Crippen molar-refractivity contribution in [2.45, 2.75) is 103 Å². The van der Waals surface area contributed by atoms with Crippen molar-refractivity contribution in [1.82, 2.24) is 0 Å². The molecule has 5 heteroatoms. The maximum Gasteiger partial charge on any atom is 0.422 e. The lowest BCUT2D eigenvalue weighted by atomic mass is 9.66. The van der Waals surface area contributed by atoms with E-state index in [9.17, 15) is 22.0 Å². The zero-order valence-electron chi connectivity index (χ0n) is 22.2. The standard InChI is InChI=1S/C32H41F5/c1-3-4-21(2)24-11-13-26(14-12-24)28-17-15-27(16-18-28)25-9-7-22(8-10-25)5-6-23-19-29(33)31(30(34)20-23)32(35,36)37/h7-10,19-21,24,26-28H,3-6,11-18H2,1-2H3. The summed E-state index contributed by atoms with van der Waals surface area (Å²) in [6, 6.07) is 10.0. The van der Waals surface area contributed by atoms with Crippen LogP contribution < -0.4 is 0 Å². The molecule has 0 aliphatic heterocycles. The Morgan fingerprint density at radius 1 is 0.757 bits per heavy atom. The van der Waals surface area contributed by atoms with Crippen molar-refractivity contribution in [3.8, 4) is 0 Å². The van der Waals surface area contributed by atoms with E-state index in [0.717, 1.165) is 41.4 Å². The number of halogens is 5. The van der Waals surface area contributed by atoms with Crippen molar-refractivity contribution < 1.29 is 22.0 Å². The fraction of sp³-hybridized carbons (Fsp3) is 0.625. The second kappa shape index (κ2) is 12.3. The van der Waals surface area contributed by atoms with E-state index < -0.39 is 23.4 Å². The molecular formula is C32H41F5. The van der Waals surface area contributed by atoms with Gasteiger partial charge in [0.25, 0.3) is 0 Å². The highest BCUT2D eigenvalue weighted by Gasteiger charge is 2.38. The van der Waals surface area contributed by atoms with Crippen LogP contribution in [0.3, 0.4) is 0 Å². The highest BCUT2D eigenvalue weighted by molar-refractivity contribution is 5.30. The quantitative estimate of drug-likeness (QED) is 0.304. The molecule has 2 saturated carbocycles. The molecule has 0 radical (unpaired) electrons. The Bertz CT molecular complexity index is 970. The SMILES string of the molecule is CCCC(C)C1CCC(C2CCC(c3ccc(CCc4cc(F)c(C(F)(F)F)c(F)c4)cc3)CC2)CC1. The number of rotatable bonds is 8. The van der Waals surface area contributed by atoms with Crippen LogP contribution in [0.4, 0.5) is 22.0 Å². The van der Waals surface area contributed by atoms with Crippen LogP contribution in [0.15, 0.2) is 36.4 Å². The lowest BCUT2D eigenvalue weighted by Gasteiger charge is -2.39. The predicted molar refractivity (Wildman–Crippen MR) is 139 cm³/mol. The molecule has 1 atom stereocenters. The summed E-state index contributed by atoms with van der Waals surface area (Å²) in [4.78, 5) is 0. The van der Waals surface area contributed by atoms with Gasteiger partial charge in [0.1, 0.15) is 17.2 Å². The van der Waals surface area contributed by atoms with Crippen LogP contribution in [0.1, 0.15) is 106 Å². The zero-order valence-corrected chi connectivity index (χ0v) is 22.2. The predicted octanol–water partition coefficient (Wildman–Crippen LogP) is 10.3. The minimum absolute atomic E-state index is 0.235. The minimum atomic E-state index is -5.03. The van der Waals surface area contributed by atoms with Crippen LogP contribution in [0.2, 0.25) is 0 Å². The maximum absolute atomic E-state index is 13.9. The Kier molecular flexibility index (Phi) is 9.34. The van der Waals surface area contributed by atoms with E-state index in [0.29, 0.717) is 12.3 Å². The summed E-state index contributed by atoms with van der Waals surface area (Å²) in [5.41, 5.74) is 0.793. The van der Waals surface area contributed by atoms with Gasteiger partial charge in [0.05, 0.1) is 0 Å². The third-order valence-corrected chi connectivity index (χ3v) is 9.34. The minimum Gasteiger partial charge on any atom is -0.206 e. The van der Waals surface area contributed by atoms with Gasteiger partial charge in [-0.05, 0) is 123 Å². The molecule has 0 N–H and O–H groups in total. The van der Waals surface area contributed by atoms with E-state index in [2.05, 4.69) is 38.1 Å². The van der Waals surface area contributed by atoms with Crippen LogP contribution in [0, 0.1) is 35.3 Å². The summed E-state index contributed by atoms with van der Waals surface area (Å²) in [5, 5.41) is 0. The third-order valence-electron chi connectivity index (χ3n) is 9.34. The Labute approximate surface area is 219 Å². The molecule has 2 aliphatic rings. The average molecular weight is 521 g/mol. The van der Waals surface area contributed by atoms with Gasteiger partial charge in [-0.1, -0.05) is 51.0 Å². The van der Waals surface area contributed by atoms with Gasteiger partial charge in [0.2, 0.25) is 0 Å². The lowest BCUT2D eigenvalue weighted by Crippen LogP contribution is -2.27. The van der Waals surface area contributed by atoms with Crippen LogP contribution in [-0.4, -0.2) is 0 Å². The Morgan fingerprint density at radius 2 is 1.27 bits per heavy atom. The molecule has 0 aromatic heterocycles. The van der Waals surface area contributed by atoms with E-state index >= 15 is 0 Å². The molecule has 4 rings (SSSR count). The average Bonchev–Trinajstić information content (AvgIpc) is 2.87. The molecule has 0 bridgehead atoms. The molecule has 2 aliphatic carbocycles. The molecule has 204 valence electrons. The molecule has 37 heavy (non-hydrogen) atoms. The van der Waals surface area contributed by atoms with Crippen molar-refractivity contribution in [1.29, 1.82) is 0 Å². The first-order chi connectivity index (χ1) is 17.7. The molecule has 0 amide bonds. The molecular weight excluding hydrogens is 479 g/mol. The fourth-order valence-corrected chi connectivity index (χ4v) is 7.09. The summed E-state index contributed by atoms with van der Waals surface area (Å²) in [7, 11) is 0. The van der Waals surface area contributed by atoms with E-state index in [-0.39, 0.29) is 12.0 Å². The number of alkyl halides is 3. The van der Waals surface area contributed by atoms with Gasteiger partial charge < -0.3 is 0 Å². The normalized spacial score (nSPS) is 25.7. The van der Waals surface area contributed by atoms with Crippen LogP contribution in [0.25, 0.3) is 0 Å². The second-order valence-electron chi connectivity index (χ2n) is 11.7. The number of hydrogen-bond donors (Lipinski definition) is 0. The van der Waals surface area contributed by atoms with Gasteiger partial charge in [-0.25, -0.2) is 8.78 Å². The van der Waals surface area contributed by atoms with E-state index in [1.807, 2.05) is 0 Å². The number of aryl methyl sites for hydroxylation is 2. The van der Waals surface area contributed by atoms with Gasteiger partial charge in [-0.3, -0.25) is 0 Å². The van der Waals surface area contributed by atoms with Crippen LogP contribution in [0.5, 0.6) is 0 Å². The fourth-order valence-electron chi connectivity index (χ4n) is 7.09. The Hall–Kier alpha value is -1.91.